The average molecular weight is 274 g/mol. The van der Waals surface area contributed by atoms with Gasteiger partial charge in [0.2, 0.25) is 0 Å². The van der Waals surface area contributed by atoms with E-state index in [9.17, 15) is 9.59 Å². The van der Waals surface area contributed by atoms with E-state index in [1.807, 2.05) is 4.90 Å². The second-order valence-electron chi connectivity index (χ2n) is 4.82. The minimum Gasteiger partial charge on any atom is -0.478 e. The molecule has 0 bridgehead atoms. The molecule has 1 fully saturated rings. The van der Waals surface area contributed by atoms with Crippen molar-refractivity contribution in [3.63, 3.8) is 0 Å². The molecule has 5 heteroatoms. The van der Waals surface area contributed by atoms with E-state index in [-0.39, 0.29) is 11.9 Å². The molecule has 1 atom stereocenters. The summed E-state index contributed by atoms with van der Waals surface area (Å²) in [6.45, 7) is 2.82. The average Bonchev–Trinajstić information content (AvgIpc) is 2.93. The quantitative estimate of drug-likeness (QED) is 0.854. The van der Waals surface area contributed by atoms with Crippen molar-refractivity contribution in [3.05, 3.63) is 35.7 Å². The lowest BCUT2D eigenvalue weighted by Gasteiger charge is -2.23. The van der Waals surface area contributed by atoms with Crippen LogP contribution < -0.4 is 0 Å². The highest BCUT2D eigenvalue weighted by molar-refractivity contribution is 5.97. The number of carbonyl (C=O) groups is 2. The van der Waals surface area contributed by atoms with Gasteiger partial charge in [-0.3, -0.25) is 9.78 Å². The molecular weight excluding hydrogens is 256 g/mol. The van der Waals surface area contributed by atoms with Crippen LogP contribution in [0.25, 0.3) is 6.08 Å². The molecular formula is C15H18N2O3. The predicted molar refractivity (Wildman–Crippen MR) is 75.3 cm³/mol. The molecule has 1 aromatic rings. The van der Waals surface area contributed by atoms with Gasteiger partial charge in [0, 0.05) is 30.4 Å². The van der Waals surface area contributed by atoms with Gasteiger partial charge < -0.3 is 10.0 Å². The Bertz CT molecular complexity index is 540. The number of carboxylic acids is 1. The van der Waals surface area contributed by atoms with Gasteiger partial charge in [0.05, 0.1) is 0 Å². The lowest BCUT2D eigenvalue weighted by molar-refractivity contribution is -0.131. The summed E-state index contributed by atoms with van der Waals surface area (Å²) in [4.78, 5) is 29.2. The molecule has 0 aliphatic carbocycles. The number of aromatic nitrogens is 1. The Morgan fingerprint density at radius 3 is 3.05 bits per heavy atom. The highest BCUT2D eigenvalue weighted by atomic mass is 16.4. The Hall–Kier alpha value is -2.17. The van der Waals surface area contributed by atoms with E-state index < -0.39 is 5.97 Å². The largest absolute Gasteiger partial charge is 0.478 e. The predicted octanol–water partition coefficient (Wildman–Crippen LogP) is 2.19. The number of likely N-dealkylation sites (tertiary alicyclic amines) is 1. The third-order valence-electron chi connectivity index (χ3n) is 3.56. The number of nitrogens with zero attached hydrogens (tertiary/aromatic N) is 2. The monoisotopic (exact) mass is 274 g/mol. The molecule has 1 aromatic heterocycles. The number of amides is 1. The van der Waals surface area contributed by atoms with Crippen LogP contribution in [0.2, 0.25) is 0 Å². The van der Waals surface area contributed by atoms with Crippen LogP contribution in [0.1, 0.15) is 42.2 Å². The molecule has 2 rings (SSSR count). The van der Waals surface area contributed by atoms with Gasteiger partial charge in [-0.2, -0.15) is 0 Å². The lowest BCUT2D eigenvalue weighted by atomic mass is 10.1. The minimum absolute atomic E-state index is 0.111. The van der Waals surface area contributed by atoms with E-state index in [0.29, 0.717) is 11.3 Å². The topological polar surface area (TPSA) is 70.5 Å². The van der Waals surface area contributed by atoms with Gasteiger partial charge in [0.1, 0.15) is 5.69 Å². The molecule has 5 nitrogen and oxygen atoms in total. The SMILES string of the molecule is CCC1CCCN1C(=O)c1ncccc1/C=C/C(=O)O. The van der Waals surface area contributed by atoms with Crippen LogP contribution in [-0.2, 0) is 4.79 Å². The summed E-state index contributed by atoms with van der Waals surface area (Å²) in [6.07, 6.45) is 6.96. The summed E-state index contributed by atoms with van der Waals surface area (Å²) in [5.74, 6) is -1.15. The van der Waals surface area contributed by atoms with Gasteiger partial charge in [-0.15, -0.1) is 0 Å². The number of carbonyl (C=O) groups excluding carboxylic acids is 1. The van der Waals surface area contributed by atoms with Crippen molar-refractivity contribution in [1.29, 1.82) is 0 Å². The smallest absolute Gasteiger partial charge is 0.328 e. The van der Waals surface area contributed by atoms with Crippen molar-refractivity contribution in [2.45, 2.75) is 32.2 Å². The van der Waals surface area contributed by atoms with Crippen molar-refractivity contribution < 1.29 is 14.7 Å². The fourth-order valence-corrected chi connectivity index (χ4v) is 2.56. The van der Waals surface area contributed by atoms with Gasteiger partial charge in [-0.25, -0.2) is 4.79 Å². The molecule has 20 heavy (non-hydrogen) atoms. The molecule has 1 aliphatic rings. The van der Waals surface area contributed by atoms with Crippen molar-refractivity contribution in [2.75, 3.05) is 6.54 Å². The van der Waals surface area contributed by atoms with Gasteiger partial charge in [0.25, 0.3) is 5.91 Å². The number of pyridine rings is 1. The Morgan fingerprint density at radius 1 is 1.55 bits per heavy atom. The zero-order chi connectivity index (χ0) is 14.5. The highest BCUT2D eigenvalue weighted by Gasteiger charge is 2.29. The van der Waals surface area contributed by atoms with Gasteiger partial charge in [-0.05, 0) is 31.4 Å². The van der Waals surface area contributed by atoms with Crippen LogP contribution in [0.5, 0.6) is 0 Å². The first kappa shape index (κ1) is 14.2. The molecule has 106 valence electrons. The van der Waals surface area contributed by atoms with Crippen molar-refractivity contribution in [2.24, 2.45) is 0 Å². The molecule has 0 radical (unpaired) electrons. The summed E-state index contributed by atoms with van der Waals surface area (Å²) < 4.78 is 0. The number of rotatable bonds is 4. The first-order chi connectivity index (χ1) is 9.63. The third-order valence-corrected chi connectivity index (χ3v) is 3.56. The molecule has 2 heterocycles. The normalized spacial score (nSPS) is 18.6. The van der Waals surface area contributed by atoms with E-state index in [0.717, 1.165) is 31.9 Å². The maximum Gasteiger partial charge on any atom is 0.328 e. The Morgan fingerprint density at radius 2 is 2.35 bits per heavy atom. The number of hydrogen-bond acceptors (Lipinski definition) is 3. The maximum atomic E-state index is 12.6. The molecule has 1 amide bonds. The zero-order valence-electron chi connectivity index (χ0n) is 11.5. The van der Waals surface area contributed by atoms with Crippen LogP contribution in [0.15, 0.2) is 24.4 Å². The van der Waals surface area contributed by atoms with Gasteiger partial charge >= 0.3 is 5.97 Å². The molecule has 0 spiro atoms. The van der Waals surface area contributed by atoms with E-state index in [1.54, 1.807) is 18.3 Å². The molecule has 0 aromatic carbocycles. The lowest BCUT2D eigenvalue weighted by Crippen LogP contribution is -2.36. The van der Waals surface area contributed by atoms with E-state index in [4.69, 9.17) is 5.11 Å². The Balaban J connectivity index is 2.28. The van der Waals surface area contributed by atoms with Crippen LogP contribution in [0, 0.1) is 0 Å². The zero-order valence-corrected chi connectivity index (χ0v) is 11.5. The first-order valence-corrected chi connectivity index (χ1v) is 6.80. The van der Waals surface area contributed by atoms with Gasteiger partial charge in [0.15, 0.2) is 0 Å². The van der Waals surface area contributed by atoms with Crippen LogP contribution in [0.4, 0.5) is 0 Å². The molecule has 1 N–H and O–H groups in total. The van der Waals surface area contributed by atoms with Gasteiger partial charge in [-0.1, -0.05) is 13.0 Å². The highest BCUT2D eigenvalue weighted by Crippen LogP contribution is 2.23. The maximum absolute atomic E-state index is 12.6. The third kappa shape index (κ3) is 3.04. The molecule has 1 unspecified atom stereocenters. The van der Waals surface area contributed by atoms with E-state index >= 15 is 0 Å². The number of hydrogen-bond donors (Lipinski definition) is 1. The molecule has 1 aliphatic heterocycles. The van der Waals surface area contributed by atoms with Crippen LogP contribution in [-0.4, -0.2) is 39.5 Å². The molecule has 1 saturated heterocycles. The fraction of sp³-hybridized carbons (Fsp3) is 0.400. The summed E-state index contributed by atoms with van der Waals surface area (Å²) in [6, 6.07) is 3.66. The van der Waals surface area contributed by atoms with Crippen LogP contribution >= 0.6 is 0 Å². The van der Waals surface area contributed by atoms with E-state index in [2.05, 4.69) is 11.9 Å². The second kappa shape index (κ2) is 6.32. The minimum atomic E-state index is -1.04. The summed E-state index contributed by atoms with van der Waals surface area (Å²) >= 11 is 0. The van der Waals surface area contributed by atoms with Crippen LogP contribution in [0.3, 0.4) is 0 Å². The van der Waals surface area contributed by atoms with Crippen molar-refractivity contribution in [3.8, 4) is 0 Å². The fourth-order valence-electron chi connectivity index (χ4n) is 2.56. The summed E-state index contributed by atoms with van der Waals surface area (Å²) in [5.41, 5.74) is 0.868. The number of carboxylic acid groups (broad SMARTS) is 1. The Labute approximate surface area is 117 Å². The van der Waals surface area contributed by atoms with Crippen molar-refractivity contribution >= 4 is 18.0 Å². The molecule has 0 saturated carbocycles. The Kier molecular flexibility index (Phi) is 4.50. The van der Waals surface area contributed by atoms with E-state index in [1.165, 1.54) is 6.08 Å². The standard InChI is InChI=1S/C15H18N2O3/c1-2-12-6-4-10-17(12)15(20)14-11(5-3-9-16-14)7-8-13(18)19/h3,5,7-9,12H,2,4,6,10H2,1H3,(H,18,19)/b8-7+. The first-order valence-electron chi connectivity index (χ1n) is 6.80. The van der Waals surface area contributed by atoms with Crippen molar-refractivity contribution in [1.82, 2.24) is 9.88 Å². The second-order valence-corrected chi connectivity index (χ2v) is 4.82. The number of aliphatic carboxylic acids is 1. The summed E-state index contributed by atoms with van der Waals surface area (Å²) in [5, 5.41) is 8.69. The summed E-state index contributed by atoms with van der Waals surface area (Å²) in [7, 11) is 0.